The minimum Gasteiger partial charge on any atom is -0.310 e. The molecule has 1 rings (SSSR count). The zero-order valence-corrected chi connectivity index (χ0v) is 11.5. The van der Waals surface area contributed by atoms with Crippen LogP contribution in [0.4, 0.5) is 8.78 Å². The van der Waals surface area contributed by atoms with Crippen LogP contribution in [-0.4, -0.2) is 6.54 Å². The standard InChI is InChI=1S/C14H18ClF2N/c1-4-9(3)6-14(18-5-2)10-7-13(17)11(15)8-12(10)16/h7-8,14,18H,3-6H2,1-2H3. The van der Waals surface area contributed by atoms with Gasteiger partial charge < -0.3 is 5.32 Å². The number of hydrogen-bond acceptors (Lipinski definition) is 1. The maximum Gasteiger partial charge on any atom is 0.142 e. The Morgan fingerprint density at radius 2 is 2.00 bits per heavy atom. The van der Waals surface area contributed by atoms with Crippen molar-refractivity contribution < 1.29 is 8.78 Å². The summed E-state index contributed by atoms with van der Waals surface area (Å²) >= 11 is 5.55. The lowest BCUT2D eigenvalue weighted by atomic mass is 9.97. The molecule has 100 valence electrons. The van der Waals surface area contributed by atoms with Gasteiger partial charge in [0.2, 0.25) is 0 Å². The molecule has 0 aliphatic carbocycles. The van der Waals surface area contributed by atoms with Crippen LogP contribution in [0.5, 0.6) is 0 Å². The van der Waals surface area contributed by atoms with E-state index in [0.29, 0.717) is 18.5 Å². The fraction of sp³-hybridized carbons (Fsp3) is 0.429. The molecule has 0 saturated heterocycles. The fourth-order valence-corrected chi connectivity index (χ4v) is 1.93. The van der Waals surface area contributed by atoms with E-state index in [1.807, 2.05) is 13.8 Å². The summed E-state index contributed by atoms with van der Waals surface area (Å²) in [6.45, 7) is 8.49. The van der Waals surface area contributed by atoms with Crippen molar-refractivity contribution >= 4 is 11.6 Å². The van der Waals surface area contributed by atoms with Crippen LogP contribution in [0.25, 0.3) is 0 Å². The van der Waals surface area contributed by atoms with Crippen molar-refractivity contribution in [3.63, 3.8) is 0 Å². The van der Waals surface area contributed by atoms with E-state index in [9.17, 15) is 8.78 Å². The van der Waals surface area contributed by atoms with Crippen LogP contribution in [0.15, 0.2) is 24.3 Å². The molecule has 0 amide bonds. The molecule has 0 spiro atoms. The molecule has 1 unspecified atom stereocenters. The molecule has 18 heavy (non-hydrogen) atoms. The monoisotopic (exact) mass is 273 g/mol. The van der Waals surface area contributed by atoms with E-state index in [0.717, 1.165) is 24.1 Å². The third kappa shape index (κ3) is 3.79. The van der Waals surface area contributed by atoms with E-state index < -0.39 is 11.6 Å². The van der Waals surface area contributed by atoms with Crippen molar-refractivity contribution in [1.29, 1.82) is 0 Å². The first kappa shape index (κ1) is 15.1. The molecule has 1 atom stereocenters. The van der Waals surface area contributed by atoms with E-state index in [1.165, 1.54) is 0 Å². The first-order chi connectivity index (χ1) is 8.49. The lowest BCUT2D eigenvalue weighted by Crippen LogP contribution is -2.22. The summed E-state index contributed by atoms with van der Waals surface area (Å²) in [4.78, 5) is 0. The van der Waals surface area contributed by atoms with Gasteiger partial charge >= 0.3 is 0 Å². The predicted molar refractivity (Wildman–Crippen MR) is 71.8 cm³/mol. The molecule has 0 heterocycles. The average Bonchev–Trinajstić information content (AvgIpc) is 2.33. The molecular weight excluding hydrogens is 256 g/mol. The van der Waals surface area contributed by atoms with Gasteiger partial charge in [0.25, 0.3) is 0 Å². The summed E-state index contributed by atoms with van der Waals surface area (Å²) in [7, 11) is 0. The molecule has 0 aliphatic heterocycles. The summed E-state index contributed by atoms with van der Waals surface area (Å²) in [5.74, 6) is -1.09. The molecule has 0 aliphatic rings. The molecule has 1 N–H and O–H groups in total. The normalized spacial score (nSPS) is 12.5. The van der Waals surface area contributed by atoms with Crippen molar-refractivity contribution in [3.05, 3.63) is 46.5 Å². The van der Waals surface area contributed by atoms with Crippen molar-refractivity contribution in [1.82, 2.24) is 5.32 Å². The Morgan fingerprint density at radius 1 is 1.33 bits per heavy atom. The molecule has 4 heteroatoms. The Morgan fingerprint density at radius 3 is 2.56 bits per heavy atom. The average molecular weight is 274 g/mol. The van der Waals surface area contributed by atoms with Gasteiger partial charge in [0.05, 0.1) is 5.02 Å². The molecule has 0 bridgehead atoms. The topological polar surface area (TPSA) is 12.0 Å². The van der Waals surface area contributed by atoms with Crippen LogP contribution in [0.3, 0.4) is 0 Å². The van der Waals surface area contributed by atoms with Crippen LogP contribution in [0.1, 0.15) is 38.3 Å². The molecular formula is C14H18ClF2N. The Balaban J connectivity index is 3.05. The molecule has 1 aromatic rings. The smallest absolute Gasteiger partial charge is 0.142 e. The number of nitrogens with one attached hydrogen (secondary N) is 1. The van der Waals surface area contributed by atoms with Crippen LogP contribution in [0.2, 0.25) is 5.02 Å². The second-order valence-corrected chi connectivity index (χ2v) is 4.61. The van der Waals surface area contributed by atoms with Crippen LogP contribution in [-0.2, 0) is 0 Å². The van der Waals surface area contributed by atoms with Crippen molar-refractivity contribution in [3.8, 4) is 0 Å². The van der Waals surface area contributed by atoms with Crippen LogP contribution < -0.4 is 5.32 Å². The summed E-state index contributed by atoms with van der Waals surface area (Å²) in [5, 5.41) is 2.95. The molecule has 1 aromatic carbocycles. The largest absolute Gasteiger partial charge is 0.310 e. The lowest BCUT2D eigenvalue weighted by Gasteiger charge is -2.20. The van der Waals surface area contributed by atoms with Crippen molar-refractivity contribution in [2.45, 2.75) is 32.7 Å². The lowest BCUT2D eigenvalue weighted by molar-refractivity contribution is 0.498. The zero-order chi connectivity index (χ0) is 13.7. The second kappa shape index (κ2) is 6.86. The molecule has 0 aromatic heterocycles. The van der Waals surface area contributed by atoms with Gasteiger partial charge in [0, 0.05) is 11.6 Å². The van der Waals surface area contributed by atoms with E-state index in [4.69, 9.17) is 11.6 Å². The highest BCUT2D eigenvalue weighted by molar-refractivity contribution is 6.30. The Kier molecular flexibility index (Phi) is 5.76. The Bertz CT molecular complexity index is 432. The first-order valence-corrected chi connectivity index (χ1v) is 6.41. The first-order valence-electron chi connectivity index (χ1n) is 6.04. The maximum absolute atomic E-state index is 13.8. The fourth-order valence-electron chi connectivity index (χ4n) is 1.78. The third-order valence-electron chi connectivity index (χ3n) is 2.86. The number of rotatable bonds is 6. The molecule has 0 saturated carbocycles. The van der Waals surface area contributed by atoms with Crippen molar-refractivity contribution in [2.75, 3.05) is 6.54 Å². The summed E-state index contributed by atoms with van der Waals surface area (Å²) < 4.78 is 27.3. The van der Waals surface area contributed by atoms with Gasteiger partial charge in [-0.25, -0.2) is 8.78 Å². The van der Waals surface area contributed by atoms with Gasteiger partial charge in [-0.2, -0.15) is 0 Å². The van der Waals surface area contributed by atoms with Crippen LogP contribution >= 0.6 is 11.6 Å². The summed E-state index contributed by atoms with van der Waals surface area (Å²) in [6.07, 6.45) is 1.40. The van der Waals surface area contributed by atoms with E-state index in [2.05, 4.69) is 11.9 Å². The second-order valence-electron chi connectivity index (χ2n) is 4.21. The number of hydrogen-bond donors (Lipinski definition) is 1. The van der Waals surface area contributed by atoms with Gasteiger partial charge in [-0.3, -0.25) is 0 Å². The highest BCUT2D eigenvalue weighted by Crippen LogP contribution is 2.28. The van der Waals surface area contributed by atoms with Crippen LogP contribution in [0, 0.1) is 11.6 Å². The quantitative estimate of drug-likeness (QED) is 0.589. The highest BCUT2D eigenvalue weighted by Gasteiger charge is 2.18. The molecule has 0 fully saturated rings. The van der Waals surface area contributed by atoms with Crippen molar-refractivity contribution in [2.24, 2.45) is 0 Å². The summed E-state index contributed by atoms with van der Waals surface area (Å²) in [6, 6.07) is 1.91. The highest BCUT2D eigenvalue weighted by atomic mass is 35.5. The third-order valence-corrected chi connectivity index (χ3v) is 3.15. The SMILES string of the molecule is C=C(CC)CC(NCC)c1cc(F)c(Cl)cc1F. The zero-order valence-electron chi connectivity index (χ0n) is 10.7. The minimum absolute atomic E-state index is 0.194. The Labute approximate surface area is 112 Å². The van der Waals surface area contributed by atoms with Gasteiger partial charge in [-0.15, -0.1) is 0 Å². The van der Waals surface area contributed by atoms with E-state index in [-0.39, 0.29) is 11.1 Å². The number of halogens is 3. The Hall–Kier alpha value is -0.930. The van der Waals surface area contributed by atoms with E-state index >= 15 is 0 Å². The maximum atomic E-state index is 13.8. The van der Waals surface area contributed by atoms with Gasteiger partial charge in [-0.1, -0.05) is 37.6 Å². The number of benzene rings is 1. The van der Waals surface area contributed by atoms with E-state index in [1.54, 1.807) is 0 Å². The molecule has 1 nitrogen and oxygen atoms in total. The van der Waals surface area contributed by atoms with Gasteiger partial charge in [-0.05, 0) is 31.5 Å². The minimum atomic E-state index is -0.599. The van der Waals surface area contributed by atoms with Gasteiger partial charge in [0.1, 0.15) is 11.6 Å². The predicted octanol–water partition coefficient (Wildman–Crippen LogP) is 4.63. The molecule has 0 radical (unpaired) electrons. The van der Waals surface area contributed by atoms with Gasteiger partial charge in [0.15, 0.2) is 0 Å². The summed E-state index contributed by atoms with van der Waals surface area (Å²) in [5.41, 5.74) is 1.30.